The van der Waals surface area contributed by atoms with Crippen molar-refractivity contribution in [2.24, 2.45) is 5.14 Å². The number of nitrogens with one attached hydrogen (secondary N) is 1. The van der Waals surface area contributed by atoms with Gasteiger partial charge in [0.15, 0.2) is 11.5 Å². The number of nitrogens with two attached hydrogens (primary N) is 1. The van der Waals surface area contributed by atoms with Gasteiger partial charge in [0, 0.05) is 12.6 Å². The number of primary sulfonamides is 1. The molecule has 0 unspecified atom stereocenters. The Morgan fingerprint density at radius 1 is 0.897 bits per heavy atom. The van der Waals surface area contributed by atoms with Crippen LogP contribution in [0.2, 0.25) is 0 Å². The van der Waals surface area contributed by atoms with Crippen molar-refractivity contribution in [3.8, 4) is 17.2 Å². The molecule has 0 spiro atoms. The molecule has 0 saturated heterocycles. The van der Waals surface area contributed by atoms with Gasteiger partial charge < -0.3 is 19.5 Å². The van der Waals surface area contributed by atoms with Crippen LogP contribution in [-0.2, 0) is 26.6 Å². The predicted octanol–water partition coefficient (Wildman–Crippen LogP) is 3.70. The summed E-state index contributed by atoms with van der Waals surface area (Å²) in [7, 11) is -6.43. The van der Waals surface area contributed by atoms with Crippen molar-refractivity contribution in [3.05, 3.63) is 78.4 Å². The van der Waals surface area contributed by atoms with Gasteiger partial charge in [-0.05, 0) is 62.2 Å². The zero-order valence-corrected chi connectivity index (χ0v) is 24.4. The number of hydrogen-bond donors (Lipinski definition) is 3. The highest BCUT2D eigenvalue weighted by atomic mass is 35.5. The van der Waals surface area contributed by atoms with Gasteiger partial charge in [0.25, 0.3) is 10.1 Å². The van der Waals surface area contributed by atoms with E-state index in [0.29, 0.717) is 31.9 Å². The van der Waals surface area contributed by atoms with Crippen molar-refractivity contribution < 1.29 is 35.6 Å². The fourth-order valence-corrected chi connectivity index (χ4v) is 4.65. The first kappa shape index (κ1) is 34.2. The summed E-state index contributed by atoms with van der Waals surface area (Å²) in [4.78, 5) is -0.0782. The molecule has 3 rings (SSSR count). The Labute approximate surface area is 236 Å². The third kappa shape index (κ3) is 11.8. The minimum atomic E-state index is -4.00. The Morgan fingerprint density at radius 3 is 2.00 bits per heavy atom. The van der Waals surface area contributed by atoms with Gasteiger partial charge in [0.05, 0.1) is 18.6 Å². The molecule has 13 heteroatoms. The Bertz CT molecular complexity index is 1370. The van der Waals surface area contributed by atoms with E-state index >= 15 is 0 Å². The molecule has 0 aromatic heterocycles. The second-order valence-electron chi connectivity index (χ2n) is 8.11. The second-order valence-corrected chi connectivity index (χ2v) is 11.1. The van der Waals surface area contributed by atoms with Gasteiger partial charge in [-0.3, -0.25) is 4.55 Å². The van der Waals surface area contributed by atoms with E-state index in [9.17, 15) is 16.8 Å². The van der Waals surface area contributed by atoms with E-state index in [1.807, 2.05) is 44.2 Å². The van der Waals surface area contributed by atoms with E-state index in [2.05, 4.69) is 5.32 Å². The van der Waals surface area contributed by atoms with E-state index in [-0.39, 0.29) is 34.0 Å². The second kappa shape index (κ2) is 16.3. The lowest BCUT2D eigenvalue weighted by atomic mass is 10.1. The first-order chi connectivity index (χ1) is 18.0. The molecule has 0 bridgehead atoms. The molecule has 1 atom stereocenters. The fourth-order valence-electron chi connectivity index (χ4n) is 3.40. The quantitative estimate of drug-likeness (QED) is 0.208. The highest BCUT2D eigenvalue weighted by Gasteiger charge is 2.16. The number of hydrogen-bond acceptors (Lipinski definition) is 8. The molecule has 3 aromatic carbocycles. The molecular weight excluding hydrogens is 568 g/mol. The van der Waals surface area contributed by atoms with Crippen LogP contribution in [0.4, 0.5) is 0 Å². The lowest BCUT2D eigenvalue weighted by Crippen LogP contribution is -2.32. The zero-order valence-electron chi connectivity index (χ0n) is 21.9. The molecule has 0 saturated carbocycles. The molecule has 0 heterocycles. The van der Waals surface area contributed by atoms with Crippen LogP contribution >= 0.6 is 12.4 Å². The monoisotopic (exact) mass is 602 g/mol. The van der Waals surface area contributed by atoms with Gasteiger partial charge in [-0.2, -0.15) is 8.42 Å². The van der Waals surface area contributed by atoms with Gasteiger partial charge in [-0.15, -0.1) is 12.4 Å². The summed E-state index contributed by atoms with van der Waals surface area (Å²) < 4.78 is 69.1. The van der Waals surface area contributed by atoms with Crippen LogP contribution in [0.25, 0.3) is 0 Å². The van der Waals surface area contributed by atoms with Crippen molar-refractivity contribution in [3.63, 3.8) is 0 Å². The van der Waals surface area contributed by atoms with Crippen molar-refractivity contribution in [2.75, 3.05) is 26.9 Å². The number of ether oxygens (including phenoxy) is 3. The maximum Gasteiger partial charge on any atom is 0.294 e. The Hall–Kier alpha value is -2.87. The highest BCUT2D eigenvalue weighted by molar-refractivity contribution is 7.89. The van der Waals surface area contributed by atoms with Crippen LogP contribution in [0, 0.1) is 0 Å². The molecule has 4 N–H and O–H groups in total. The summed E-state index contributed by atoms with van der Waals surface area (Å²) in [6.07, 6.45) is 0.641. The van der Waals surface area contributed by atoms with E-state index in [1.54, 1.807) is 30.3 Å². The summed E-state index contributed by atoms with van der Waals surface area (Å²) in [5, 5.41) is 8.63. The SMILES string of the molecule is CCOc1ccccc1OCCN[C@H](C)Cc1ccc(OC)c(S(N)(=O)=O)c1.Cl.O=S(=O)(O)c1ccccc1. The first-order valence-electron chi connectivity index (χ1n) is 11.8. The standard InChI is InChI=1S/C20H28N2O5S.C6H6O3S.ClH/c1-4-26-17-7-5-6-8-18(17)27-12-11-22-15(2)13-16-9-10-19(25-3)20(14-16)28(21,23)24;7-10(8,9)6-4-2-1-3-5-6;/h5-10,14-15,22H,4,11-13H2,1-3H3,(H2,21,23,24);1-5H,(H,7,8,9);1H/t15-;;/m1../s1. The lowest BCUT2D eigenvalue weighted by molar-refractivity contribution is 0.272. The number of halogens is 1. The van der Waals surface area contributed by atoms with Crippen molar-refractivity contribution in [1.29, 1.82) is 0 Å². The van der Waals surface area contributed by atoms with Gasteiger partial charge in [-0.1, -0.05) is 36.4 Å². The maximum atomic E-state index is 11.7. The molecule has 3 aromatic rings. The van der Waals surface area contributed by atoms with E-state index in [1.165, 1.54) is 19.2 Å². The highest BCUT2D eigenvalue weighted by Crippen LogP contribution is 2.26. The molecule has 0 fully saturated rings. The summed E-state index contributed by atoms with van der Waals surface area (Å²) >= 11 is 0. The topological polar surface area (TPSA) is 154 Å². The average molecular weight is 603 g/mol. The Kier molecular flexibility index (Phi) is 14.3. The molecule has 39 heavy (non-hydrogen) atoms. The summed E-state index contributed by atoms with van der Waals surface area (Å²) in [6, 6.07) is 20.1. The summed E-state index contributed by atoms with van der Waals surface area (Å²) in [6.45, 7) is 5.66. The molecule has 216 valence electrons. The van der Waals surface area contributed by atoms with Crippen molar-refractivity contribution in [1.82, 2.24) is 5.32 Å². The number of methoxy groups -OCH3 is 1. The van der Waals surface area contributed by atoms with E-state index < -0.39 is 20.1 Å². The molecule has 0 amide bonds. The molecule has 10 nitrogen and oxygen atoms in total. The maximum absolute atomic E-state index is 11.7. The van der Waals surface area contributed by atoms with Crippen LogP contribution in [0.15, 0.2) is 82.6 Å². The Balaban J connectivity index is 0.000000581. The molecular formula is C26H35ClN2O8S2. The van der Waals surface area contributed by atoms with Crippen molar-refractivity contribution >= 4 is 32.5 Å². The van der Waals surface area contributed by atoms with Crippen LogP contribution in [0.5, 0.6) is 17.2 Å². The van der Waals surface area contributed by atoms with Gasteiger partial charge >= 0.3 is 0 Å². The van der Waals surface area contributed by atoms with E-state index in [4.69, 9.17) is 23.9 Å². The lowest BCUT2D eigenvalue weighted by Gasteiger charge is -2.16. The van der Waals surface area contributed by atoms with Crippen LogP contribution < -0.4 is 24.7 Å². The molecule has 0 radical (unpaired) electrons. The number of para-hydroxylation sites is 2. The zero-order chi connectivity index (χ0) is 28.2. The largest absolute Gasteiger partial charge is 0.495 e. The summed E-state index contributed by atoms with van der Waals surface area (Å²) in [5.41, 5.74) is 0.854. The van der Waals surface area contributed by atoms with Crippen molar-refractivity contribution in [2.45, 2.75) is 36.1 Å². The fraction of sp³-hybridized carbons (Fsp3) is 0.308. The molecule has 0 aliphatic carbocycles. The van der Waals surface area contributed by atoms with Crippen LogP contribution in [0.3, 0.4) is 0 Å². The van der Waals surface area contributed by atoms with Crippen LogP contribution in [-0.4, -0.2) is 54.3 Å². The average Bonchev–Trinajstić information content (AvgIpc) is 2.87. The number of sulfonamides is 1. The third-order valence-electron chi connectivity index (χ3n) is 5.12. The van der Waals surface area contributed by atoms with Gasteiger partial charge in [-0.25, -0.2) is 13.6 Å². The summed E-state index contributed by atoms with van der Waals surface area (Å²) in [5.74, 6) is 1.69. The third-order valence-corrected chi connectivity index (χ3v) is 6.92. The van der Waals surface area contributed by atoms with Gasteiger partial charge in [0.2, 0.25) is 10.0 Å². The minimum Gasteiger partial charge on any atom is -0.495 e. The van der Waals surface area contributed by atoms with Crippen LogP contribution in [0.1, 0.15) is 19.4 Å². The smallest absolute Gasteiger partial charge is 0.294 e. The van der Waals surface area contributed by atoms with Gasteiger partial charge in [0.1, 0.15) is 17.3 Å². The normalized spacial score (nSPS) is 11.8. The number of benzene rings is 3. The molecule has 0 aliphatic rings. The molecule has 0 aliphatic heterocycles. The Morgan fingerprint density at radius 2 is 1.49 bits per heavy atom. The predicted molar refractivity (Wildman–Crippen MR) is 152 cm³/mol. The van der Waals surface area contributed by atoms with E-state index in [0.717, 1.165) is 11.3 Å². The number of rotatable bonds is 12. The minimum absolute atomic E-state index is 0. The first-order valence-corrected chi connectivity index (χ1v) is 14.7.